The number of para-hydroxylation sites is 6. The van der Waals surface area contributed by atoms with Crippen LogP contribution in [0.2, 0.25) is 0 Å². The minimum atomic E-state index is 1.07. The van der Waals surface area contributed by atoms with E-state index in [9.17, 15) is 0 Å². The molecule has 0 spiro atoms. The molecule has 0 unspecified atom stereocenters. The summed E-state index contributed by atoms with van der Waals surface area (Å²) >= 11 is 0. The van der Waals surface area contributed by atoms with Crippen molar-refractivity contribution < 1.29 is 0 Å². The van der Waals surface area contributed by atoms with Crippen LogP contribution in [0.5, 0.6) is 0 Å². The zero-order valence-corrected chi connectivity index (χ0v) is 47.0. The molecule has 3 aromatic heterocycles. The van der Waals surface area contributed by atoms with Crippen molar-refractivity contribution in [1.29, 1.82) is 0 Å². The van der Waals surface area contributed by atoms with Gasteiger partial charge in [-0.2, -0.15) is 0 Å². The van der Waals surface area contributed by atoms with Gasteiger partial charge in [-0.15, -0.1) is 0 Å². The van der Waals surface area contributed by atoms with Gasteiger partial charge in [0, 0.05) is 66.1 Å². The highest BCUT2D eigenvalue weighted by Gasteiger charge is 2.21. The standard InChI is InChI=1S/C82H54N4/c1-3-17-62(18-4-1)84-78-29-15-11-25-72(78)74-53-60(41-50-81(74)84)59-33-31-55(32-34-59)56-35-43-64(44-36-56)83(65-45-37-57(38-46-65)58-39-47-66(48-40-58)86-76-27-13-9-23-70(76)71-24-10-14-28-77(71)86)80-52-49-67(68-21-7-8-22-69(68)80)61-42-51-82-75(54-61)73-26-12-16-30-79(73)85(82)63-19-5-2-6-20-63/h1-54H. The van der Waals surface area contributed by atoms with Crippen LogP contribution < -0.4 is 4.90 Å². The first-order valence-electron chi connectivity index (χ1n) is 29.6. The van der Waals surface area contributed by atoms with Gasteiger partial charge in [0.2, 0.25) is 0 Å². The summed E-state index contributed by atoms with van der Waals surface area (Å²) in [5.74, 6) is 0. The third-order valence-corrected chi connectivity index (χ3v) is 17.7. The van der Waals surface area contributed by atoms with Gasteiger partial charge in [-0.25, -0.2) is 0 Å². The van der Waals surface area contributed by atoms with E-state index >= 15 is 0 Å². The zero-order chi connectivity index (χ0) is 56.7. The topological polar surface area (TPSA) is 18.0 Å². The molecule has 17 rings (SSSR count). The van der Waals surface area contributed by atoms with Gasteiger partial charge in [-0.05, 0) is 165 Å². The van der Waals surface area contributed by atoms with Crippen LogP contribution in [-0.2, 0) is 0 Å². The van der Waals surface area contributed by atoms with E-state index in [1.807, 2.05) is 0 Å². The number of benzene rings is 14. The molecule has 0 fully saturated rings. The van der Waals surface area contributed by atoms with Gasteiger partial charge in [-0.1, -0.05) is 212 Å². The number of fused-ring (bicyclic) bond motifs is 10. The smallest absolute Gasteiger partial charge is 0.0541 e. The van der Waals surface area contributed by atoms with Crippen molar-refractivity contribution in [1.82, 2.24) is 13.7 Å². The van der Waals surface area contributed by atoms with Crippen molar-refractivity contribution in [3.8, 4) is 61.6 Å². The van der Waals surface area contributed by atoms with Crippen LogP contribution in [0.3, 0.4) is 0 Å². The predicted molar refractivity (Wildman–Crippen MR) is 363 cm³/mol. The Morgan fingerprint density at radius 2 is 0.488 bits per heavy atom. The highest BCUT2D eigenvalue weighted by atomic mass is 15.1. The quantitative estimate of drug-likeness (QED) is 0.133. The number of hydrogen-bond donors (Lipinski definition) is 0. The summed E-state index contributed by atoms with van der Waals surface area (Å²) in [5, 5.41) is 9.86. The Morgan fingerprint density at radius 3 is 0.942 bits per heavy atom. The van der Waals surface area contributed by atoms with E-state index < -0.39 is 0 Å². The molecule has 4 heteroatoms. The van der Waals surface area contributed by atoms with Crippen LogP contribution in [0, 0.1) is 0 Å². The van der Waals surface area contributed by atoms with Crippen molar-refractivity contribution in [2.24, 2.45) is 0 Å². The highest BCUT2D eigenvalue weighted by Crippen LogP contribution is 2.45. The van der Waals surface area contributed by atoms with Gasteiger partial charge in [0.25, 0.3) is 0 Å². The number of hydrogen-bond acceptors (Lipinski definition) is 1. The molecule has 0 aliphatic rings. The van der Waals surface area contributed by atoms with Crippen LogP contribution in [0.15, 0.2) is 328 Å². The van der Waals surface area contributed by atoms with E-state index in [1.54, 1.807) is 0 Å². The molecule has 0 bridgehead atoms. The second-order valence-corrected chi connectivity index (χ2v) is 22.4. The molecule has 4 nitrogen and oxygen atoms in total. The average Bonchev–Trinajstić information content (AvgIpc) is 2.70. The number of rotatable bonds is 10. The first-order valence-corrected chi connectivity index (χ1v) is 29.6. The van der Waals surface area contributed by atoms with E-state index in [0.717, 1.165) is 50.8 Å². The van der Waals surface area contributed by atoms with Gasteiger partial charge < -0.3 is 18.6 Å². The first kappa shape index (κ1) is 49.2. The zero-order valence-electron chi connectivity index (χ0n) is 47.0. The summed E-state index contributed by atoms with van der Waals surface area (Å²) in [6.45, 7) is 0. The van der Waals surface area contributed by atoms with Crippen molar-refractivity contribution in [3.05, 3.63) is 328 Å². The van der Waals surface area contributed by atoms with Gasteiger partial charge in [-0.3, -0.25) is 0 Å². The lowest BCUT2D eigenvalue weighted by Gasteiger charge is -2.28. The Bertz CT molecular complexity index is 5370. The van der Waals surface area contributed by atoms with E-state index in [2.05, 4.69) is 346 Å². The van der Waals surface area contributed by atoms with Crippen molar-refractivity contribution in [2.75, 3.05) is 4.90 Å². The lowest BCUT2D eigenvalue weighted by atomic mass is 9.95. The van der Waals surface area contributed by atoms with Crippen LogP contribution in [-0.4, -0.2) is 13.7 Å². The lowest BCUT2D eigenvalue weighted by molar-refractivity contribution is 1.18. The molecule has 0 saturated carbocycles. The maximum Gasteiger partial charge on any atom is 0.0541 e. The predicted octanol–water partition coefficient (Wildman–Crippen LogP) is 22.3. The molecule has 0 radical (unpaired) electrons. The summed E-state index contributed by atoms with van der Waals surface area (Å²) < 4.78 is 7.13. The monoisotopic (exact) mass is 1090 g/mol. The van der Waals surface area contributed by atoms with Crippen LogP contribution in [0.4, 0.5) is 17.1 Å². The molecule has 0 amide bonds. The van der Waals surface area contributed by atoms with Crippen LogP contribution in [0.25, 0.3) is 138 Å². The molecule has 0 aliphatic heterocycles. The summed E-state index contributed by atoms with van der Waals surface area (Å²) in [6.07, 6.45) is 0. The molecule has 86 heavy (non-hydrogen) atoms. The highest BCUT2D eigenvalue weighted by molar-refractivity contribution is 6.14. The first-order chi connectivity index (χ1) is 42.7. The molecular formula is C82H54N4. The maximum atomic E-state index is 2.43. The second kappa shape index (κ2) is 20.2. The minimum absolute atomic E-state index is 1.07. The molecular weight excluding hydrogens is 1040 g/mol. The van der Waals surface area contributed by atoms with Gasteiger partial charge in [0.15, 0.2) is 0 Å². The van der Waals surface area contributed by atoms with Gasteiger partial charge in [0.1, 0.15) is 0 Å². The second-order valence-electron chi connectivity index (χ2n) is 22.4. The number of nitrogens with zero attached hydrogens (tertiary/aromatic N) is 4. The Hall–Kier alpha value is -11.5. The third kappa shape index (κ3) is 8.07. The summed E-state index contributed by atoms with van der Waals surface area (Å²) in [5.41, 5.74) is 23.3. The summed E-state index contributed by atoms with van der Waals surface area (Å²) in [7, 11) is 0. The molecule has 402 valence electrons. The Balaban J connectivity index is 0.739. The maximum absolute atomic E-state index is 2.43. The van der Waals surface area contributed by atoms with E-state index in [1.165, 1.54) is 104 Å². The SMILES string of the molecule is c1ccc(-n2c3ccccc3c3cc(-c4ccc(-c5ccc(N(c6ccc(-c7ccc(-n8c9ccccc9c9ccccc98)cc7)cc6)c6ccc(-c7ccc8c(c7)c7ccccc7n8-c7ccccc7)c7ccccc67)cc5)cc4)ccc32)cc1. The van der Waals surface area contributed by atoms with E-state index in [0.29, 0.717) is 0 Å². The number of anilines is 3. The Morgan fingerprint density at radius 1 is 0.186 bits per heavy atom. The molecule has 14 aromatic carbocycles. The number of aromatic nitrogens is 3. The molecule has 0 atom stereocenters. The molecule has 0 N–H and O–H groups in total. The van der Waals surface area contributed by atoms with Crippen molar-refractivity contribution in [2.45, 2.75) is 0 Å². The van der Waals surface area contributed by atoms with E-state index in [4.69, 9.17) is 0 Å². The fraction of sp³-hybridized carbons (Fsp3) is 0. The largest absolute Gasteiger partial charge is 0.310 e. The molecule has 0 saturated heterocycles. The fourth-order valence-corrected chi connectivity index (χ4v) is 13.6. The Labute approximate surface area is 498 Å². The summed E-state index contributed by atoms with van der Waals surface area (Å²) in [6, 6.07) is 120. The summed E-state index contributed by atoms with van der Waals surface area (Å²) in [4.78, 5) is 2.43. The van der Waals surface area contributed by atoms with Crippen molar-refractivity contribution >= 4 is 93.3 Å². The molecule has 3 heterocycles. The third-order valence-electron chi connectivity index (χ3n) is 17.7. The molecule has 17 aromatic rings. The van der Waals surface area contributed by atoms with Crippen molar-refractivity contribution in [3.63, 3.8) is 0 Å². The fourth-order valence-electron chi connectivity index (χ4n) is 13.6. The minimum Gasteiger partial charge on any atom is -0.310 e. The average molecular weight is 1100 g/mol. The van der Waals surface area contributed by atoms with Gasteiger partial charge >= 0.3 is 0 Å². The normalized spacial score (nSPS) is 11.7. The molecule has 0 aliphatic carbocycles. The lowest BCUT2D eigenvalue weighted by Crippen LogP contribution is -2.10. The Kier molecular flexibility index (Phi) is 11.5. The van der Waals surface area contributed by atoms with E-state index in [-0.39, 0.29) is 0 Å². The van der Waals surface area contributed by atoms with Crippen LogP contribution in [0.1, 0.15) is 0 Å². The van der Waals surface area contributed by atoms with Crippen LogP contribution >= 0.6 is 0 Å². The van der Waals surface area contributed by atoms with Gasteiger partial charge in [0.05, 0.1) is 38.8 Å².